The number of piperazine rings is 1. The van der Waals surface area contributed by atoms with Crippen molar-refractivity contribution >= 4 is 17.8 Å². The van der Waals surface area contributed by atoms with Crippen molar-refractivity contribution in [3.05, 3.63) is 78.2 Å². The molecule has 1 fully saturated rings. The molecule has 2 unspecified atom stereocenters. The number of rotatable bonds is 7. The first-order valence-electron chi connectivity index (χ1n) is 10.1. The number of benzene rings is 2. The first-order chi connectivity index (χ1) is 14.3. The average Bonchev–Trinajstić information content (AvgIpc) is 2.72. The van der Waals surface area contributed by atoms with Gasteiger partial charge in [0.25, 0.3) is 0 Å². The van der Waals surface area contributed by atoms with Gasteiger partial charge < -0.3 is 10.1 Å². The molecule has 0 aromatic heterocycles. The molecular formula is C24H27N2O4. The van der Waals surface area contributed by atoms with Gasteiger partial charge in [0, 0.05) is 5.92 Å². The van der Waals surface area contributed by atoms with E-state index in [1.165, 1.54) is 4.90 Å². The number of esters is 1. The largest absolute Gasteiger partial charge is 0.441 e. The maximum Gasteiger partial charge on any atom is 0.315 e. The van der Waals surface area contributed by atoms with E-state index in [9.17, 15) is 14.4 Å². The quantitative estimate of drug-likeness (QED) is 0.716. The van der Waals surface area contributed by atoms with Gasteiger partial charge in [0.1, 0.15) is 6.54 Å². The minimum atomic E-state index is -0.808. The third kappa shape index (κ3) is 5.26. The number of hydrogen-bond donors (Lipinski definition) is 1. The van der Waals surface area contributed by atoms with Crippen LogP contribution in [0.3, 0.4) is 0 Å². The summed E-state index contributed by atoms with van der Waals surface area (Å²) in [5, 5.41) is 2.52. The highest BCUT2D eigenvalue weighted by molar-refractivity contribution is 5.92. The normalized spacial score (nSPS) is 16.2. The standard InChI is InChI=1S/C24H27N2O4/c1-16(2)23(26-15-21(27)25-14-22(26)28)30-24(29)20(13-18-9-5-4-6-10-18)19-11-7-8-17(3)12-19/h4-12,16,20,23H,3,13-15H2,1-2H3,(H,25,27). The van der Waals surface area contributed by atoms with Crippen molar-refractivity contribution in [1.29, 1.82) is 0 Å². The maximum absolute atomic E-state index is 13.3. The van der Waals surface area contributed by atoms with E-state index in [2.05, 4.69) is 12.2 Å². The molecule has 30 heavy (non-hydrogen) atoms. The number of hydrogen-bond acceptors (Lipinski definition) is 4. The van der Waals surface area contributed by atoms with Crippen molar-refractivity contribution < 1.29 is 19.1 Å². The van der Waals surface area contributed by atoms with Crippen molar-refractivity contribution in [2.24, 2.45) is 5.92 Å². The Bertz CT molecular complexity index is 910. The van der Waals surface area contributed by atoms with Crippen LogP contribution >= 0.6 is 0 Å². The van der Waals surface area contributed by atoms with Crippen LogP contribution < -0.4 is 5.32 Å². The molecule has 2 aromatic carbocycles. The zero-order chi connectivity index (χ0) is 21.7. The van der Waals surface area contributed by atoms with E-state index in [1.54, 1.807) is 0 Å². The van der Waals surface area contributed by atoms with Crippen LogP contribution in [0.1, 0.15) is 36.5 Å². The minimum Gasteiger partial charge on any atom is -0.441 e. The lowest BCUT2D eigenvalue weighted by Gasteiger charge is -2.36. The number of nitrogens with one attached hydrogen (secondary N) is 1. The van der Waals surface area contributed by atoms with Crippen LogP contribution in [0.4, 0.5) is 0 Å². The smallest absolute Gasteiger partial charge is 0.315 e. The van der Waals surface area contributed by atoms with E-state index >= 15 is 0 Å². The van der Waals surface area contributed by atoms with Gasteiger partial charge in [-0.1, -0.05) is 68.4 Å². The SMILES string of the molecule is [CH2]c1cccc(C(Cc2ccccc2)C(=O)OC(C(C)C)N2CC(=O)NCC2=O)c1. The van der Waals surface area contributed by atoms with Gasteiger partial charge in [-0.3, -0.25) is 19.3 Å². The fourth-order valence-corrected chi connectivity index (χ4v) is 3.56. The van der Waals surface area contributed by atoms with Gasteiger partial charge in [-0.05, 0) is 30.0 Å². The molecule has 1 N–H and O–H groups in total. The molecule has 1 aliphatic rings. The van der Waals surface area contributed by atoms with Crippen molar-refractivity contribution in [3.8, 4) is 0 Å². The third-order valence-corrected chi connectivity index (χ3v) is 5.11. The molecule has 0 spiro atoms. The average molecular weight is 407 g/mol. The molecule has 2 amide bonds. The number of nitrogens with zero attached hydrogens (tertiary/aromatic N) is 1. The monoisotopic (exact) mass is 407 g/mol. The Morgan fingerprint density at radius 1 is 1.13 bits per heavy atom. The summed E-state index contributed by atoms with van der Waals surface area (Å²) < 4.78 is 5.86. The number of ether oxygens (including phenoxy) is 1. The number of amides is 2. The van der Waals surface area contributed by atoms with Crippen molar-refractivity contribution in [2.45, 2.75) is 32.4 Å². The van der Waals surface area contributed by atoms with Crippen molar-refractivity contribution in [2.75, 3.05) is 13.1 Å². The fourth-order valence-electron chi connectivity index (χ4n) is 3.56. The van der Waals surface area contributed by atoms with Gasteiger partial charge >= 0.3 is 5.97 Å². The van der Waals surface area contributed by atoms with E-state index in [-0.39, 0.29) is 30.8 Å². The molecule has 1 saturated heterocycles. The van der Waals surface area contributed by atoms with Crippen LogP contribution in [0.2, 0.25) is 0 Å². The molecule has 1 radical (unpaired) electrons. The first kappa shape index (κ1) is 21.6. The summed E-state index contributed by atoms with van der Waals surface area (Å²) in [5.41, 5.74) is 2.62. The Morgan fingerprint density at radius 3 is 2.53 bits per heavy atom. The second-order valence-electron chi connectivity index (χ2n) is 7.86. The van der Waals surface area contributed by atoms with Gasteiger partial charge in [-0.2, -0.15) is 0 Å². The van der Waals surface area contributed by atoms with Gasteiger partial charge in [-0.15, -0.1) is 0 Å². The summed E-state index contributed by atoms with van der Waals surface area (Å²) in [5.74, 6) is -1.67. The van der Waals surface area contributed by atoms with Gasteiger partial charge in [0.2, 0.25) is 11.8 Å². The van der Waals surface area contributed by atoms with E-state index in [0.717, 1.165) is 16.7 Å². The lowest BCUT2D eigenvalue weighted by atomic mass is 9.91. The van der Waals surface area contributed by atoms with Gasteiger partial charge in [0.15, 0.2) is 6.23 Å². The molecule has 2 atom stereocenters. The highest BCUT2D eigenvalue weighted by atomic mass is 16.6. The Hall–Kier alpha value is -3.15. The number of carbonyl (C=O) groups is 3. The van der Waals surface area contributed by atoms with Crippen LogP contribution in [0.25, 0.3) is 0 Å². The molecule has 3 rings (SSSR count). The highest BCUT2D eigenvalue weighted by Crippen LogP contribution is 2.26. The topological polar surface area (TPSA) is 75.7 Å². The predicted molar refractivity (Wildman–Crippen MR) is 113 cm³/mol. The minimum absolute atomic E-state index is 0.0867. The van der Waals surface area contributed by atoms with Gasteiger partial charge in [-0.25, -0.2) is 0 Å². The van der Waals surface area contributed by atoms with Crippen LogP contribution in [-0.2, 0) is 25.5 Å². The molecule has 1 heterocycles. The zero-order valence-corrected chi connectivity index (χ0v) is 17.3. The van der Waals surface area contributed by atoms with E-state index < -0.39 is 18.1 Å². The lowest BCUT2D eigenvalue weighted by molar-refractivity contribution is -0.174. The second-order valence-corrected chi connectivity index (χ2v) is 7.86. The Kier molecular flexibility index (Phi) is 6.87. The summed E-state index contributed by atoms with van der Waals surface area (Å²) in [4.78, 5) is 38.8. The van der Waals surface area contributed by atoms with E-state index in [0.29, 0.717) is 6.42 Å². The third-order valence-electron chi connectivity index (χ3n) is 5.11. The lowest BCUT2D eigenvalue weighted by Crippen LogP contribution is -2.57. The van der Waals surface area contributed by atoms with Crippen molar-refractivity contribution in [1.82, 2.24) is 10.2 Å². The first-order valence-corrected chi connectivity index (χ1v) is 10.1. The summed E-state index contributed by atoms with van der Waals surface area (Å²) in [6.07, 6.45) is -0.347. The predicted octanol–water partition coefficient (Wildman–Crippen LogP) is 2.68. The van der Waals surface area contributed by atoms with Gasteiger partial charge in [0.05, 0.1) is 12.5 Å². The summed E-state index contributed by atoms with van der Waals surface area (Å²) in [6, 6.07) is 17.2. The van der Waals surface area contributed by atoms with Crippen LogP contribution in [-0.4, -0.2) is 42.0 Å². The Morgan fingerprint density at radius 2 is 1.87 bits per heavy atom. The summed E-state index contributed by atoms with van der Waals surface area (Å²) in [7, 11) is 0. The van der Waals surface area contributed by atoms with Crippen molar-refractivity contribution in [3.63, 3.8) is 0 Å². The molecule has 1 aliphatic heterocycles. The Balaban J connectivity index is 1.87. The zero-order valence-electron chi connectivity index (χ0n) is 17.3. The van der Waals surface area contributed by atoms with Crippen LogP contribution in [0.5, 0.6) is 0 Å². The van der Waals surface area contributed by atoms with Crippen LogP contribution in [0.15, 0.2) is 54.6 Å². The van der Waals surface area contributed by atoms with E-state index in [1.807, 2.05) is 68.4 Å². The number of carbonyl (C=O) groups excluding carboxylic acids is 3. The molecule has 2 aromatic rings. The Labute approximate surface area is 177 Å². The maximum atomic E-state index is 13.3. The fraction of sp³-hybridized carbons (Fsp3) is 0.333. The molecule has 157 valence electrons. The summed E-state index contributed by atoms with van der Waals surface area (Å²) >= 11 is 0. The molecule has 6 nitrogen and oxygen atoms in total. The molecule has 0 bridgehead atoms. The molecule has 6 heteroatoms. The summed E-state index contributed by atoms with van der Waals surface area (Å²) in [6.45, 7) is 7.48. The van der Waals surface area contributed by atoms with E-state index in [4.69, 9.17) is 4.74 Å². The molecule has 0 saturated carbocycles. The molecular weight excluding hydrogens is 380 g/mol. The highest BCUT2D eigenvalue weighted by Gasteiger charge is 2.36. The molecule has 0 aliphatic carbocycles. The second kappa shape index (κ2) is 9.57. The van der Waals surface area contributed by atoms with Crippen LogP contribution in [0, 0.1) is 12.8 Å².